The van der Waals surface area contributed by atoms with Crippen molar-refractivity contribution in [1.29, 1.82) is 0 Å². The fourth-order valence-electron chi connectivity index (χ4n) is 1.38. The number of hydrogen-bond acceptors (Lipinski definition) is 3. The molecule has 13 heavy (non-hydrogen) atoms. The maximum Gasteiger partial charge on any atom is 0.0859 e. The van der Waals surface area contributed by atoms with Gasteiger partial charge in [0.15, 0.2) is 0 Å². The van der Waals surface area contributed by atoms with E-state index in [9.17, 15) is 0 Å². The normalized spacial score (nSPS) is 10.5. The Morgan fingerprint density at radius 1 is 1.31 bits per heavy atom. The molecule has 3 heteroatoms. The van der Waals surface area contributed by atoms with Crippen molar-refractivity contribution in [3.63, 3.8) is 0 Å². The van der Waals surface area contributed by atoms with Gasteiger partial charge in [-0.15, -0.1) is 0 Å². The van der Waals surface area contributed by atoms with Crippen LogP contribution in [-0.2, 0) is 6.61 Å². The molecule has 2 aromatic rings. The number of nitrogens with zero attached hydrogens (tertiary/aromatic N) is 1. The van der Waals surface area contributed by atoms with Crippen LogP contribution in [0.15, 0.2) is 30.5 Å². The minimum absolute atomic E-state index is 0.0404. The first kappa shape index (κ1) is 8.01. The Hall–Kier alpha value is -1.61. The number of aromatic nitrogens is 1. The molecule has 0 aliphatic heterocycles. The van der Waals surface area contributed by atoms with Crippen molar-refractivity contribution >= 4 is 16.5 Å². The van der Waals surface area contributed by atoms with Gasteiger partial charge in [-0.1, -0.05) is 6.07 Å². The molecule has 0 radical (unpaired) electrons. The molecule has 0 saturated carbocycles. The molecule has 0 aliphatic rings. The van der Waals surface area contributed by atoms with Crippen LogP contribution in [0.1, 0.15) is 5.69 Å². The number of anilines is 1. The van der Waals surface area contributed by atoms with Crippen molar-refractivity contribution in [2.45, 2.75) is 6.61 Å². The highest BCUT2D eigenvalue weighted by Crippen LogP contribution is 2.19. The number of hydrogen-bond donors (Lipinski definition) is 2. The Kier molecular flexibility index (Phi) is 1.87. The van der Waals surface area contributed by atoms with Crippen LogP contribution in [0.2, 0.25) is 0 Å². The summed E-state index contributed by atoms with van der Waals surface area (Å²) in [5.41, 5.74) is 7.05. The van der Waals surface area contributed by atoms with Gasteiger partial charge in [0.1, 0.15) is 0 Å². The number of nitrogen functional groups attached to an aromatic ring is 1. The molecule has 1 aromatic heterocycles. The van der Waals surface area contributed by atoms with Crippen molar-refractivity contribution in [3.8, 4) is 0 Å². The molecule has 0 aliphatic carbocycles. The Balaban J connectivity index is 2.77. The maximum absolute atomic E-state index is 9.01. The van der Waals surface area contributed by atoms with Crippen LogP contribution in [0.4, 0.5) is 5.69 Å². The molecular weight excluding hydrogens is 164 g/mol. The Morgan fingerprint density at radius 3 is 2.92 bits per heavy atom. The lowest BCUT2D eigenvalue weighted by Gasteiger charge is -2.02. The van der Waals surface area contributed by atoms with Gasteiger partial charge in [-0.25, -0.2) is 0 Å². The monoisotopic (exact) mass is 174 g/mol. The lowest BCUT2D eigenvalue weighted by molar-refractivity contribution is 0.278. The fourth-order valence-corrected chi connectivity index (χ4v) is 1.38. The average Bonchev–Trinajstić information content (AvgIpc) is 2.16. The molecule has 0 spiro atoms. The molecule has 66 valence electrons. The van der Waals surface area contributed by atoms with E-state index in [1.54, 1.807) is 6.20 Å². The largest absolute Gasteiger partial charge is 0.399 e. The molecule has 2 rings (SSSR count). The summed E-state index contributed by atoms with van der Waals surface area (Å²) in [6.07, 6.45) is 1.67. The number of aliphatic hydroxyl groups excluding tert-OH is 1. The second kappa shape index (κ2) is 3.03. The predicted molar refractivity (Wildman–Crippen MR) is 52.1 cm³/mol. The van der Waals surface area contributed by atoms with Gasteiger partial charge in [-0.3, -0.25) is 4.98 Å². The number of benzene rings is 1. The highest BCUT2D eigenvalue weighted by molar-refractivity contribution is 5.86. The number of aliphatic hydroxyl groups is 1. The molecule has 0 bridgehead atoms. The predicted octanol–water partition coefficient (Wildman–Crippen LogP) is 1.31. The van der Waals surface area contributed by atoms with Crippen molar-refractivity contribution in [1.82, 2.24) is 4.98 Å². The van der Waals surface area contributed by atoms with E-state index in [-0.39, 0.29) is 6.61 Å². The average molecular weight is 174 g/mol. The summed E-state index contributed by atoms with van der Waals surface area (Å²) in [5.74, 6) is 0. The molecule has 0 unspecified atom stereocenters. The number of pyridine rings is 1. The van der Waals surface area contributed by atoms with Gasteiger partial charge in [-0.2, -0.15) is 0 Å². The Morgan fingerprint density at radius 2 is 2.15 bits per heavy atom. The summed E-state index contributed by atoms with van der Waals surface area (Å²) in [6, 6.07) is 7.44. The molecule has 1 heterocycles. The first-order chi connectivity index (χ1) is 6.31. The molecular formula is C10H10N2O. The zero-order chi connectivity index (χ0) is 9.26. The van der Waals surface area contributed by atoms with E-state index >= 15 is 0 Å². The summed E-state index contributed by atoms with van der Waals surface area (Å²) >= 11 is 0. The molecule has 0 atom stereocenters. The van der Waals surface area contributed by atoms with Gasteiger partial charge in [-0.05, 0) is 23.6 Å². The summed E-state index contributed by atoms with van der Waals surface area (Å²) in [5, 5.41) is 11.0. The second-order valence-corrected chi connectivity index (χ2v) is 2.90. The quantitative estimate of drug-likeness (QED) is 0.641. The minimum atomic E-state index is -0.0404. The Labute approximate surface area is 75.8 Å². The zero-order valence-electron chi connectivity index (χ0n) is 7.07. The molecule has 3 nitrogen and oxygen atoms in total. The third-order valence-electron chi connectivity index (χ3n) is 2.02. The van der Waals surface area contributed by atoms with Crippen molar-refractivity contribution in [2.75, 3.05) is 5.73 Å². The van der Waals surface area contributed by atoms with Crippen LogP contribution >= 0.6 is 0 Å². The van der Waals surface area contributed by atoms with Gasteiger partial charge in [0.25, 0.3) is 0 Å². The van der Waals surface area contributed by atoms with Gasteiger partial charge in [0.2, 0.25) is 0 Å². The summed E-state index contributed by atoms with van der Waals surface area (Å²) < 4.78 is 0. The van der Waals surface area contributed by atoms with Crippen LogP contribution in [-0.4, -0.2) is 10.1 Å². The minimum Gasteiger partial charge on any atom is -0.399 e. The molecule has 0 fully saturated rings. The second-order valence-electron chi connectivity index (χ2n) is 2.90. The molecule has 3 N–H and O–H groups in total. The fraction of sp³-hybridized carbons (Fsp3) is 0.100. The number of fused-ring (bicyclic) bond motifs is 1. The van der Waals surface area contributed by atoms with Gasteiger partial charge in [0, 0.05) is 17.3 Å². The highest BCUT2D eigenvalue weighted by atomic mass is 16.3. The van der Waals surface area contributed by atoms with E-state index in [1.807, 2.05) is 24.3 Å². The van der Waals surface area contributed by atoms with Gasteiger partial charge < -0.3 is 10.8 Å². The van der Waals surface area contributed by atoms with Gasteiger partial charge in [0.05, 0.1) is 12.3 Å². The summed E-state index contributed by atoms with van der Waals surface area (Å²) in [6.45, 7) is -0.0404. The van der Waals surface area contributed by atoms with Crippen molar-refractivity contribution in [2.24, 2.45) is 0 Å². The van der Waals surface area contributed by atoms with Gasteiger partial charge >= 0.3 is 0 Å². The van der Waals surface area contributed by atoms with Crippen LogP contribution in [0.3, 0.4) is 0 Å². The lowest BCUT2D eigenvalue weighted by atomic mass is 10.1. The SMILES string of the molecule is Nc1ccc2c(CO)nccc2c1. The van der Waals surface area contributed by atoms with E-state index in [0.717, 1.165) is 16.5 Å². The third-order valence-corrected chi connectivity index (χ3v) is 2.02. The lowest BCUT2D eigenvalue weighted by Crippen LogP contribution is -1.91. The molecule has 0 amide bonds. The number of nitrogens with two attached hydrogens (primary N) is 1. The van der Waals surface area contributed by atoms with Crippen LogP contribution in [0, 0.1) is 0 Å². The number of rotatable bonds is 1. The molecule has 0 saturated heterocycles. The Bertz CT molecular complexity index is 440. The smallest absolute Gasteiger partial charge is 0.0859 e. The highest BCUT2D eigenvalue weighted by Gasteiger charge is 2.00. The van der Waals surface area contributed by atoms with Crippen LogP contribution < -0.4 is 5.73 Å². The first-order valence-corrected chi connectivity index (χ1v) is 4.05. The topological polar surface area (TPSA) is 59.1 Å². The van der Waals surface area contributed by atoms with Crippen molar-refractivity contribution in [3.05, 3.63) is 36.2 Å². The summed E-state index contributed by atoms with van der Waals surface area (Å²) in [4.78, 5) is 4.06. The van der Waals surface area contributed by atoms with E-state index < -0.39 is 0 Å². The standard InChI is InChI=1S/C10H10N2O/c11-8-1-2-9-7(5-8)3-4-12-10(9)6-13/h1-5,13H,6,11H2. The van der Waals surface area contributed by atoms with E-state index in [2.05, 4.69) is 4.98 Å². The zero-order valence-corrected chi connectivity index (χ0v) is 7.07. The van der Waals surface area contributed by atoms with Crippen LogP contribution in [0.5, 0.6) is 0 Å². The molecule has 1 aromatic carbocycles. The van der Waals surface area contributed by atoms with E-state index in [1.165, 1.54) is 0 Å². The first-order valence-electron chi connectivity index (χ1n) is 4.05. The van der Waals surface area contributed by atoms with Crippen molar-refractivity contribution < 1.29 is 5.11 Å². The van der Waals surface area contributed by atoms with Crippen LogP contribution in [0.25, 0.3) is 10.8 Å². The maximum atomic E-state index is 9.01. The van der Waals surface area contributed by atoms with E-state index in [4.69, 9.17) is 10.8 Å². The summed E-state index contributed by atoms with van der Waals surface area (Å²) in [7, 11) is 0. The third kappa shape index (κ3) is 1.34. The van der Waals surface area contributed by atoms with E-state index in [0.29, 0.717) is 5.69 Å².